The fraction of sp³-hybridized carbons (Fsp3) is 0.0588. The lowest BCUT2D eigenvalue weighted by molar-refractivity contribution is 1.04. The largest absolute Gasteiger partial charge is 0.339 e. The summed E-state index contributed by atoms with van der Waals surface area (Å²) in [7, 11) is 1.93. The van der Waals surface area contributed by atoms with Crippen molar-refractivity contribution in [2.24, 2.45) is 0 Å². The molecule has 0 fully saturated rings. The van der Waals surface area contributed by atoms with E-state index in [9.17, 15) is 0 Å². The Morgan fingerprint density at radius 2 is 1.96 bits per heavy atom. The van der Waals surface area contributed by atoms with Gasteiger partial charge in [0.15, 0.2) is 11.5 Å². The summed E-state index contributed by atoms with van der Waals surface area (Å²) in [5.41, 5.74) is 2.45. The molecule has 7 nitrogen and oxygen atoms in total. The van der Waals surface area contributed by atoms with E-state index in [-0.39, 0.29) is 0 Å². The third-order valence-electron chi connectivity index (χ3n) is 3.79. The maximum atomic E-state index is 6.06. The molecule has 0 saturated heterocycles. The van der Waals surface area contributed by atoms with Crippen LogP contribution in [0.3, 0.4) is 0 Å². The Labute approximate surface area is 148 Å². The number of aromatic amines is 1. The molecule has 3 aromatic heterocycles. The lowest BCUT2D eigenvalue weighted by atomic mass is 10.2. The zero-order chi connectivity index (χ0) is 17.2. The van der Waals surface area contributed by atoms with Crippen LogP contribution in [0.2, 0.25) is 5.02 Å². The van der Waals surface area contributed by atoms with Gasteiger partial charge in [-0.25, -0.2) is 9.97 Å². The van der Waals surface area contributed by atoms with E-state index in [1.807, 2.05) is 48.3 Å². The molecule has 0 aliphatic carbocycles. The number of benzene rings is 1. The number of H-pyrrole nitrogens is 1. The summed E-state index contributed by atoms with van der Waals surface area (Å²) in [5, 5.41) is 12.1. The Morgan fingerprint density at radius 3 is 2.76 bits per heavy atom. The van der Waals surface area contributed by atoms with Crippen molar-refractivity contribution in [2.45, 2.75) is 0 Å². The van der Waals surface area contributed by atoms with Crippen molar-refractivity contribution in [3.8, 4) is 0 Å². The van der Waals surface area contributed by atoms with E-state index in [0.717, 1.165) is 16.8 Å². The van der Waals surface area contributed by atoms with Crippen molar-refractivity contribution < 1.29 is 0 Å². The molecule has 0 aliphatic heterocycles. The maximum absolute atomic E-state index is 6.06. The summed E-state index contributed by atoms with van der Waals surface area (Å²) in [6, 6.07) is 11.3. The van der Waals surface area contributed by atoms with Crippen molar-refractivity contribution in [2.75, 3.05) is 17.3 Å². The van der Waals surface area contributed by atoms with Gasteiger partial charge in [-0.05, 0) is 30.3 Å². The topological polar surface area (TPSA) is 82.6 Å². The van der Waals surface area contributed by atoms with E-state index in [1.165, 1.54) is 6.33 Å². The highest BCUT2D eigenvalue weighted by atomic mass is 35.5. The highest BCUT2D eigenvalue weighted by molar-refractivity contribution is 6.30. The van der Waals surface area contributed by atoms with Crippen LogP contribution in [0.25, 0.3) is 11.0 Å². The Bertz CT molecular complexity index is 1020. The number of hydrogen-bond acceptors (Lipinski definition) is 6. The Balaban J connectivity index is 1.79. The molecule has 0 amide bonds. The van der Waals surface area contributed by atoms with Gasteiger partial charge in [0.25, 0.3) is 0 Å². The molecule has 25 heavy (non-hydrogen) atoms. The van der Waals surface area contributed by atoms with Crippen LogP contribution in [-0.4, -0.2) is 32.2 Å². The minimum absolute atomic E-state index is 0.649. The smallest absolute Gasteiger partial charge is 0.167 e. The molecule has 1 aromatic carbocycles. The first kappa shape index (κ1) is 15.3. The van der Waals surface area contributed by atoms with E-state index in [4.69, 9.17) is 11.6 Å². The van der Waals surface area contributed by atoms with Gasteiger partial charge in [-0.1, -0.05) is 17.7 Å². The van der Waals surface area contributed by atoms with E-state index >= 15 is 0 Å². The van der Waals surface area contributed by atoms with Gasteiger partial charge in [-0.15, -0.1) is 0 Å². The third-order valence-corrected chi connectivity index (χ3v) is 4.03. The molecular formula is C17H14ClN7. The standard InChI is InChI=1S/C17H14ClN7/c1-25(13-5-7-19-8-6-13)17-14-15(20-10-21-16(14)23-24-17)22-12-4-2-3-11(18)9-12/h2-10H,1H3,(H2,20,21,22,23,24). The summed E-state index contributed by atoms with van der Waals surface area (Å²) in [6.07, 6.45) is 4.97. The zero-order valence-electron chi connectivity index (χ0n) is 13.3. The van der Waals surface area contributed by atoms with E-state index in [1.54, 1.807) is 12.4 Å². The number of anilines is 4. The van der Waals surface area contributed by atoms with E-state index in [2.05, 4.69) is 30.5 Å². The summed E-state index contributed by atoms with van der Waals surface area (Å²) in [6.45, 7) is 0. The molecule has 0 aliphatic rings. The molecular weight excluding hydrogens is 338 g/mol. The predicted molar refractivity (Wildman–Crippen MR) is 98.7 cm³/mol. The molecule has 0 saturated carbocycles. The van der Waals surface area contributed by atoms with Crippen LogP contribution in [0.15, 0.2) is 55.1 Å². The number of hydrogen-bond donors (Lipinski definition) is 2. The number of nitrogens with one attached hydrogen (secondary N) is 2. The predicted octanol–water partition coefficient (Wildman–Crippen LogP) is 3.91. The van der Waals surface area contributed by atoms with Gasteiger partial charge in [0.05, 0.1) is 0 Å². The second-order valence-electron chi connectivity index (χ2n) is 5.39. The Hall–Kier alpha value is -3.19. The minimum atomic E-state index is 0.649. The van der Waals surface area contributed by atoms with Crippen molar-refractivity contribution in [1.29, 1.82) is 0 Å². The normalized spacial score (nSPS) is 10.8. The fourth-order valence-electron chi connectivity index (χ4n) is 2.57. The van der Waals surface area contributed by atoms with Gasteiger partial charge in [0.2, 0.25) is 0 Å². The summed E-state index contributed by atoms with van der Waals surface area (Å²) >= 11 is 6.06. The number of fused-ring (bicyclic) bond motifs is 1. The van der Waals surface area contributed by atoms with E-state index in [0.29, 0.717) is 22.3 Å². The van der Waals surface area contributed by atoms with Crippen LogP contribution in [-0.2, 0) is 0 Å². The Kier molecular flexibility index (Phi) is 3.91. The molecule has 0 spiro atoms. The monoisotopic (exact) mass is 351 g/mol. The second kappa shape index (κ2) is 6.37. The summed E-state index contributed by atoms with van der Waals surface area (Å²) in [5.74, 6) is 1.36. The first-order valence-corrected chi connectivity index (χ1v) is 7.95. The van der Waals surface area contributed by atoms with Crippen LogP contribution in [0, 0.1) is 0 Å². The van der Waals surface area contributed by atoms with Crippen LogP contribution >= 0.6 is 11.6 Å². The summed E-state index contributed by atoms with van der Waals surface area (Å²) in [4.78, 5) is 14.6. The van der Waals surface area contributed by atoms with Gasteiger partial charge >= 0.3 is 0 Å². The number of pyridine rings is 1. The van der Waals surface area contributed by atoms with Crippen LogP contribution in [0.4, 0.5) is 23.0 Å². The Morgan fingerprint density at radius 1 is 1.12 bits per heavy atom. The highest BCUT2D eigenvalue weighted by Gasteiger charge is 2.17. The minimum Gasteiger partial charge on any atom is -0.339 e. The number of aromatic nitrogens is 5. The van der Waals surface area contributed by atoms with Crippen molar-refractivity contribution in [3.05, 3.63) is 60.1 Å². The number of rotatable bonds is 4. The van der Waals surface area contributed by atoms with Gasteiger partial charge in [-0.2, -0.15) is 5.10 Å². The zero-order valence-corrected chi connectivity index (χ0v) is 14.1. The van der Waals surface area contributed by atoms with Gasteiger partial charge < -0.3 is 10.2 Å². The second-order valence-corrected chi connectivity index (χ2v) is 5.83. The van der Waals surface area contributed by atoms with Gasteiger partial charge in [0.1, 0.15) is 17.5 Å². The molecule has 4 rings (SSSR count). The molecule has 4 aromatic rings. The lowest BCUT2D eigenvalue weighted by Gasteiger charge is -2.17. The van der Waals surface area contributed by atoms with Crippen LogP contribution < -0.4 is 10.2 Å². The molecule has 3 heterocycles. The average molecular weight is 352 g/mol. The quantitative estimate of drug-likeness (QED) is 0.580. The molecule has 124 valence electrons. The first-order chi connectivity index (χ1) is 12.2. The van der Waals surface area contributed by atoms with Crippen molar-refractivity contribution in [3.63, 3.8) is 0 Å². The SMILES string of the molecule is CN(c1ccncc1)c1n[nH]c2ncnc(Nc3cccc(Cl)c3)c12. The maximum Gasteiger partial charge on any atom is 0.167 e. The van der Waals surface area contributed by atoms with Crippen molar-refractivity contribution in [1.82, 2.24) is 25.1 Å². The van der Waals surface area contributed by atoms with Crippen LogP contribution in [0.1, 0.15) is 0 Å². The van der Waals surface area contributed by atoms with Crippen LogP contribution in [0.5, 0.6) is 0 Å². The molecule has 0 radical (unpaired) electrons. The van der Waals surface area contributed by atoms with E-state index < -0.39 is 0 Å². The molecule has 8 heteroatoms. The third kappa shape index (κ3) is 2.97. The number of nitrogens with zero attached hydrogens (tertiary/aromatic N) is 5. The lowest BCUT2D eigenvalue weighted by Crippen LogP contribution is -2.10. The average Bonchev–Trinajstić information content (AvgIpc) is 3.07. The van der Waals surface area contributed by atoms with Gasteiger partial charge in [-0.3, -0.25) is 10.1 Å². The fourth-order valence-corrected chi connectivity index (χ4v) is 2.76. The first-order valence-electron chi connectivity index (χ1n) is 7.58. The summed E-state index contributed by atoms with van der Waals surface area (Å²) < 4.78 is 0. The molecule has 2 N–H and O–H groups in total. The molecule has 0 unspecified atom stereocenters. The van der Waals surface area contributed by atoms with Gasteiger partial charge in [0, 0.05) is 35.8 Å². The molecule has 0 atom stereocenters. The molecule has 0 bridgehead atoms. The number of halogens is 1. The van der Waals surface area contributed by atoms with Crippen molar-refractivity contribution >= 4 is 45.6 Å². The highest BCUT2D eigenvalue weighted by Crippen LogP contribution is 2.33.